The molecule has 0 saturated carbocycles. The van der Waals surface area contributed by atoms with Crippen molar-refractivity contribution in [3.8, 4) is 0 Å². The van der Waals surface area contributed by atoms with Crippen molar-refractivity contribution in [1.82, 2.24) is 14.5 Å². The molecule has 0 aliphatic heterocycles. The maximum absolute atomic E-state index is 13.8. The molecule has 0 spiro atoms. The minimum Gasteiger partial charge on any atom is -0.354 e. The van der Waals surface area contributed by atoms with Crippen LogP contribution in [0, 0.1) is 0 Å². The third kappa shape index (κ3) is 8.04. The quantitative estimate of drug-likeness (QED) is 0.336. The number of halogens is 2. The van der Waals surface area contributed by atoms with E-state index in [1.807, 2.05) is 43.3 Å². The molecule has 0 aliphatic carbocycles. The number of hydrogen-bond acceptors (Lipinski definition) is 4. The van der Waals surface area contributed by atoms with Gasteiger partial charge in [0, 0.05) is 36.6 Å². The fraction of sp³-hybridized carbons (Fsp3) is 0.286. The van der Waals surface area contributed by atoms with E-state index in [1.54, 1.807) is 18.2 Å². The van der Waals surface area contributed by atoms with Gasteiger partial charge in [0.1, 0.15) is 6.04 Å². The van der Waals surface area contributed by atoms with Gasteiger partial charge in [-0.3, -0.25) is 9.59 Å². The predicted molar refractivity (Wildman–Crippen MR) is 151 cm³/mol. The summed E-state index contributed by atoms with van der Waals surface area (Å²) in [6.45, 7) is 2.01. The molecule has 1 atom stereocenters. The number of sulfonamides is 1. The molecule has 2 amide bonds. The second-order valence-corrected chi connectivity index (χ2v) is 11.8. The Morgan fingerprint density at radius 1 is 0.895 bits per heavy atom. The lowest BCUT2D eigenvalue weighted by molar-refractivity contribution is -0.141. The van der Waals surface area contributed by atoms with Crippen molar-refractivity contribution >= 4 is 45.0 Å². The van der Waals surface area contributed by atoms with E-state index in [1.165, 1.54) is 36.2 Å². The van der Waals surface area contributed by atoms with E-state index in [0.717, 1.165) is 21.9 Å². The van der Waals surface area contributed by atoms with E-state index in [-0.39, 0.29) is 23.8 Å². The first kappa shape index (κ1) is 29.6. The Morgan fingerprint density at radius 2 is 1.55 bits per heavy atom. The summed E-state index contributed by atoms with van der Waals surface area (Å²) >= 11 is 12.1. The molecule has 0 aliphatic rings. The topological polar surface area (TPSA) is 86.8 Å². The summed E-state index contributed by atoms with van der Waals surface area (Å²) in [5.74, 6) is -0.827. The summed E-state index contributed by atoms with van der Waals surface area (Å²) < 4.78 is 27.3. The molecule has 0 aromatic heterocycles. The van der Waals surface area contributed by atoms with Gasteiger partial charge >= 0.3 is 0 Å². The smallest absolute Gasteiger partial charge is 0.243 e. The molecule has 3 aromatic rings. The highest BCUT2D eigenvalue weighted by Crippen LogP contribution is 2.20. The summed E-state index contributed by atoms with van der Waals surface area (Å²) in [5.41, 5.74) is 1.59. The molecule has 10 heteroatoms. The van der Waals surface area contributed by atoms with E-state index < -0.39 is 28.5 Å². The molecule has 202 valence electrons. The zero-order chi connectivity index (χ0) is 27.7. The highest BCUT2D eigenvalue weighted by Gasteiger charge is 2.33. The Labute approximate surface area is 234 Å². The van der Waals surface area contributed by atoms with E-state index in [2.05, 4.69) is 5.32 Å². The molecule has 38 heavy (non-hydrogen) atoms. The lowest BCUT2D eigenvalue weighted by atomic mass is 10.0. The summed E-state index contributed by atoms with van der Waals surface area (Å²) in [4.78, 5) is 28.6. The number of amides is 2. The third-order valence-corrected chi connectivity index (χ3v) is 8.25. The van der Waals surface area contributed by atoms with Crippen molar-refractivity contribution in [1.29, 1.82) is 0 Å². The van der Waals surface area contributed by atoms with Crippen LogP contribution < -0.4 is 5.32 Å². The fourth-order valence-electron chi connectivity index (χ4n) is 3.90. The molecule has 0 fully saturated rings. The molecule has 0 radical (unpaired) electrons. The van der Waals surface area contributed by atoms with Crippen LogP contribution in [0.15, 0.2) is 83.8 Å². The number of nitrogens with one attached hydrogen (secondary N) is 1. The molecular formula is C28H31Cl2N3O4S. The molecule has 1 N–H and O–H groups in total. The van der Waals surface area contributed by atoms with Gasteiger partial charge in [-0.15, -0.1) is 0 Å². The number of rotatable bonds is 12. The molecule has 0 bridgehead atoms. The van der Waals surface area contributed by atoms with Crippen LogP contribution in [0.4, 0.5) is 0 Å². The van der Waals surface area contributed by atoms with Crippen LogP contribution in [-0.2, 0) is 32.6 Å². The fourth-order valence-corrected chi connectivity index (χ4v) is 5.36. The standard InChI is InChI=1S/C28H31Cl2N3O4S/c1-3-16-31-28(35)26(18-21-8-5-4-6-9-21)33(19-22-10-7-11-24(30)17-22)27(34)20-32(2)38(36,37)25-14-12-23(29)13-15-25/h4-15,17,26H,3,16,18-20H2,1-2H3,(H,31,35). The van der Waals surface area contributed by atoms with Crippen molar-refractivity contribution in [2.24, 2.45) is 0 Å². The van der Waals surface area contributed by atoms with E-state index in [4.69, 9.17) is 23.2 Å². The van der Waals surface area contributed by atoms with Gasteiger partial charge in [0.25, 0.3) is 0 Å². The monoisotopic (exact) mass is 575 g/mol. The maximum atomic E-state index is 13.8. The van der Waals surface area contributed by atoms with Gasteiger partial charge in [-0.25, -0.2) is 8.42 Å². The molecule has 0 saturated heterocycles. The summed E-state index contributed by atoms with van der Waals surface area (Å²) in [7, 11) is -2.64. The zero-order valence-corrected chi connectivity index (χ0v) is 23.6. The van der Waals surface area contributed by atoms with Gasteiger partial charge in [-0.1, -0.05) is 72.6 Å². The number of carbonyl (C=O) groups is 2. The number of carbonyl (C=O) groups excluding carboxylic acids is 2. The van der Waals surface area contributed by atoms with Gasteiger partial charge in [0.05, 0.1) is 11.4 Å². The predicted octanol–water partition coefficient (Wildman–Crippen LogP) is 4.78. The van der Waals surface area contributed by atoms with Crippen LogP contribution in [0.25, 0.3) is 0 Å². The minimum atomic E-state index is -3.98. The Kier molecular flexibility index (Phi) is 10.7. The number of likely N-dealkylation sites (N-methyl/N-ethyl adjacent to an activating group) is 1. The Bertz CT molecular complexity index is 1340. The van der Waals surface area contributed by atoms with Gasteiger partial charge < -0.3 is 10.2 Å². The second kappa shape index (κ2) is 13.8. The first-order valence-corrected chi connectivity index (χ1v) is 14.4. The van der Waals surface area contributed by atoms with Crippen molar-refractivity contribution < 1.29 is 18.0 Å². The number of benzene rings is 3. The first-order valence-electron chi connectivity index (χ1n) is 12.2. The zero-order valence-electron chi connectivity index (χ0n) is 21.3. The minimum absolute atomic E-state index is 0.0140. The van der Waals surface area contributed by atoms with Gasteiger partial charge in [0.15, 0.2) is 0 Å². The van der Waals surface area contributed by atoms with Crippen molar-refractivity contribution in [2.45, 2.75) is 37.2 Å². The van der Waals surface area contributed by atoms with Crippen LogP contribution in [0.1, 0.15) is 24.5 Å². The Hall–Kier alpha value is -2.91. The molecule has 1 unspecified atom stereocenters. The van der Waals surface area contributed by atoms with Crippen LogP contribution in [0.2, 0.25) is 10.0 Å². The summed E-state index contributed by atoms with van der Waals surface area (Å²) in [6.07, 6.45) is 0.991. The third-order valence-electron chi connectivity index (χ3n) is 5.94. The number of nitrogens with zero attached hydrogens (tertiary/aromatic N) is 2. The average molecular weight is 577 g/mol. The van der Waals surface area contributed by atoms with Gasteiger partial charge in [-0.05, 0) is 53.9 Å². The van der Waals surface area contributed by atoms with Crippen LogP contribution in [0.5, 0.6) is 0 Å². The Balaban J connectivity index is 1.96. The van der Waals surface area contributed by atoms with Crippen LogP contribution in [-0.4, -0.2) is 55.6 Å². The largest absolute Gasteiger partial charge is 0.354 e. The van der Waals surface area contributed by atoms with Gasteiger partial charge in [-0.2, -0.15) is 4.31 Å². The molecule has 0 heterocycles. The van der Waals surface area contributed by atoms with Crippen LogP contribution >= 0.6 is 23.2 Å². The SMILES string of the molecule is CCCNC(=O)C(Cc1ccccc1)N(Cc1cccc(Cl)c1)C(=O)CN(C)S(=O)(=O)c1ccc(Cl)cc1. The molecule has 7 nitrogen and oxygen atoms in total. The van der Waals surface area contributed by atoms with E-state index >= 15 is 0 Å². The van der Waals surface area contributed by atoms with Crippen molar-refractivity contribution in [3.63, 3.8) is 0 Å². The molecule has 3 aromatic carbocycles. The lowest BCUT2D eigenvalue weighted by Gasteiger charge is -2.32. The van der Waals surface area contributed by atoms with Crippen molar-refractivity contribution in [3.05, 3.63) is 100 Å². The van der Waals surface area contributed by atoms with Crippen LogP contribution in [0.3, 0.4) is 0 Å². The normalized spacial score (nSPS) is 12.2. The summed E-state index contributed by atoms with van der Waals surface area (Å²) in [6, 6.07) is 21.3. The molecular weight excluding hydrogens is 545 g/mol. The van der Waals surface area contributed by atoms with E-state index in [0.29, 0.717) is 16.6 Å². The first-order chi connectivity index (χ1) is 18.1. The Morgan fingerprint density at radius 3 is 2.18 bits per heavy atom. The maximum Gasteiger partial charge on any atom is 0.243 e. The highest BCUT2D eigenvalue weighted by molar-refractivity contribution is 7.89. The highest BCUT2D eigenvalue weighted by atomic mass is 35.5. The van der Waals surface area contributed by atoms with Gasteiger partial charge in [0.2, 0.25) is 21.8 Å². The molecule has 3 rings (SSSR count). The average Bonchev–Trinajstić information content (AvgIpc) is 2.90. The second-order valence-electron chi connectivity index (χ2n) is 8.86. The van der Waals surface area contributed by atoms with E-state index in [9.17, 15) is 18.0 Å². The van der Waals surface area contributed by atoms with Crippen molar-refractivity contribution in [2.75, 3.05) is 20.1 Å². The summed E-state index contributed by atoms with van der Waals surface area (Å²) in [5, 5.41) is 3.79. The number of hydrogen-bond donors (Lipinski definition) is 1. The lowest BCUT2D eigenvalue weighted by Crippen LogP contribution is -2.53.